The number of nitrogens with zero attached hydrogens (tertiary/aromatic N) is 3. The number of amides is 1. The van der Waals surface area contributed by atoms with Gasteiger partial charge in [0.25, 0.3) is 0 Å². The summed E-state index contributed by atoms with van der Waals surface area (Å²) in [6.07, 6.45) is 0. The van der Waals surface area contributed by atoms with E-state index < -0.39 is 0 Å². The van der Waals surface area contributed by atoms with Crippen LogP contribution in [0.3, 0.4) is 0 Å². The Hall–Kier alpha value is -2.93. The fourth-order valence-corrected chi connectivity index (χ4v) is 3.73. The third kappa shape index (κ3) is 3.64. The SMILES string of the molecule is Cc1cc2nnc(SCC(=O)NCc3ccc(F)cc3)n2c2ccccc12. The minimum atomic E-state index is -0.290. The highest BCUT2D eigenvalue weighted by molar-refractivity contribution is 7.99. The fraction of sp³-hybridized carbons (Fsp3) is 0.150. The Morgan fingerprint density at radius 2 is 1.93 bits per heavy atom. The van der Waals surface area contributed by atoms with Crippen LogP contribution in [0.4, 0.5) is 4.39 Å². The Balaban J connectivity index is 1.48. The number of carbonyl (C=O) groups is 1. The number of nitrogens with one attached hydrogen (secondary N) is 1. The lowest BCUT2D eigenvalue weighted by Gasteiger charge is -2.08. The van der Waals surface area contributed by atoms with Crippen LogP contribution in [-0.4, -0.2) is 26.3 Å². The molecule has 136 valence electrons. The van der Waals surface area contributed by atoms with Crippen molar-refractivity contribution in [1.82, 2.24) is 19.9 Å². The summed E-state index contributed by atoms with van der Waals surface area (Å²) < 4.78 is 14.9. The quantitative estimate of drug-likeness (QED) is 0.536. The van der Waals surface area contributed by atoms with Gasteiger partial charge in [0.05, 0.1) is 11.3 Å². The number of para-hydroxylation sites is 1. The van der Waals surface area contributed by atoms with Gasteiger partial charge in [-0.15, -0.1) is 10.2 Å². The van der Waals surface area contributed by atoms with Crippen molar-refractivity contribution in [1.29, 1.82) is 0 Å². The lowest BCUT2D eigenvalue weighted by molar-refractivity contribution is -0.118. The molecule has 0 saturated carbocycles. The van der Waals surface area contributed by atoms with Crippen molar-refractivity contribution in [3.05, 3.63) is 71.5 Å². The van der Waals surface area contributed by atoms with Gasteiger partial charge in [-0.1, -0.05) is 42.1 Å². The van der Waals surface area contributed by atoms with E-state index in [1.807, 2.05) is 35.6 Å². The Labute approximate surface area is 159 Å². The van der Waals surface area contributed by atoms with Gasteiger partial charge in [0.15, 0.2) is 10.8 Å². The standard InChI is InChI=1S/C20H17FN4OS/c1-13-10-18-23-24-20(25(18)17-5-3-2-4-16(13)17)27-12-19(26)22-11-14-6-8-15(21)9-7-14/h2-10H,11-12H2,1H3,(H,22,26). The number of fused-ring (bicyclic) bond motifs is 3. The molecule has 2 heterocycles. The van der Waals surface area contributed by atoms with Crippen LogP contribution in [0.15, 0.2) is 59.8 Å². The maximum atomic E-state index is 12.9. The third-order valence-corrected chi connectivity index (χ3v) is 5.24. The molecule has 0 aliphatic heterocycles. The van der Waals surface area contributed by atoms with Crippen LogP contribution < -0.4 is 5.32 Å². The molecule has 1 amide bonds. The molecule has 4 rings (SSSR count). The maximum Gasteiger partial charge on any atom is 0.230 e. The van der Waals surface area contributed by atoms with Crippen molar-refractivity contribution < 1.29 is 9.18 Å². The van der Waals surface area contributed by atoms with E-state index >= 15 is 0 Å². The smallest absolute Gasteiger partial charge is 0.230 e. The van der Waals surface area contributed by atoms with Gasteiger partial charge in [0.2, 0.25) is 5.91 Å². The molecular formula is C20H17FN4OS. The second-order valence-corrected chi connectivity index (χ2v) is 7.16. The van der Waals surface area contributed by atoms with E-state index in [1.165, 1.54) is 23.9 Å². The summed E-state index contributed by atoms with van der Waals surface area (Å²) in [5.74, 6) is -0.177. The second-order valence-electron chi connectivity index (χ2n) is 6.21. The van der Waals surface area contributed by atoms with Crippen LogP contribution >= 0.6 is 11.8 Å². The zero-order valence-electron chi connectivity index (χ0n) is 14.6. The maximum absolute atomic E-state index is 12.9. The molecule has 0 aliphatic rings. The first kappa shape index (κ1) is 17.5. The number of aryl methyl sites for hydroxylation is 1. The van der Waals surface area contributed by atoms with Crippen LogP contribution in [0.2, 0.25) is 0 Å². The van der Waals surface area contributed by atoms with Gasteiger partial charge >= 0.3 is 0 Å². The monoisotopic (exact) mass is 380 g/mol. The molecule has 27 heavy (non-hydrogen) atoms. The molecule has 1 N–H and O–H groups in total. The van der Waals surface area contributed by atoms with Crippen LogP contribution in [0.5, 0.6) is 0 Å². The first-order chi connectivity index (χ1) is 13.1. The molecular weight excluding hydrogens is 363 g/mol. The molecule has 0 spiro atoms. The van der Waals surface area contributed by atoms with Crippen molar-refractivity contribution in [2.75, 3.05) is 5.75 Å². The molecule has 0 radical (unpaired) electrons. The molecule has 5 nitrogen and oxygen atoms in total. The topological polar surface area (TPSA) is 59.3 Å². The summed E-state index contributed by atoms with van der Waals surface area (Å²) in [6, 6.07) is 16.1. The number of carbonyl (C=O) groups excluding carboxylic acids is 1. The number of pyridine rings is 1. The molecule has 2 aromatic carbocycles. The normalized spacial score (nSPS) is 11.2. The van der Waals surface area contributed by atoms with Gasteiger partial charge in [-0.3, -0.25) is 9.20 Å². The fourth-order valence-electron chi connectivity index (χ4n) is 2.95. The molecule has 0 unspecified atom stereocenters. The highest BCUT2D eigenvalue weighted by Gasteiger charge is 2.13. The average molecular weight is 380 g/mol. The Morgan fingerprint density at radius 3 is 2.74 bits per heavy atom. The number of halogens is 1. The predicted molar refractivity (Wildman–Crippen MR) is 104 cm³/mol. The van der Waals surface area contributed by atoms with Gasteiger partial charge in [0.1, 0.15) is 5.82 Å². The lowest BCUT2D eigenvalue weighted by Crippen LogP contribution is -2.24. The predicted octanol–water partition coefficient (Wildman–Crippen LogP) is 3.74. The zero-order chi connectivity index (χ0) is 18.8. The second kappa shape index (κ2) is 7.36. The van der Waals surface area contributed by atoms with E-state index in [1.54, 1.807) is 12.1 Å². The molecule has 0 bridgehead atoms. The highest BCUT2D eigenvalue weighted by Crippen LogP contribution is 2.25. The summed E-state index contributed by atoms with van der Waals surface area (Å²) in [5.41, 5.74) is 3.77. The van der Waals surface area contributed by atoms with E-state index in [-0.39, 0.29) is 17.5 Å². The van der Waals surface area contributed by atoms with Crippen LogP contribution in [0, 0.1) is 12.7 Å². The largest absolute Gasteiger partial charge is 0.351 e. The van der Waals surface area contributed by atoms with Crippen LogP contribution in [0.25, 0.3) is 16.6 Å². The summed E-state index contributed by atoms with van der Waals surface area (Å²) in [6.45, 7) is 2.41. The number of benzene rings is 2. The number of hydrogen-bond donors (Lipinski definition) is 1. The summed E-state index contributed by atoms with van der Waals surface area (Å²) in [5, 5.41) is 13.1. The minimum Gasteiger partial charge on any atom is -0.351 e. The van der Waals surface area contributed by atoms with Crippen molar-refractivity contribution in [2.45, 2.75) is 18.6 Å². The summed E-state index contributed by atoms with van der Waals surface area (Å²) in [4.78, 5) is 12.2. The van der Waals surface area contributed by atoms with Gasteiger partial charge in [-0.05, 0) is 42.3 Å². The molecule has 0 aliphatic carbocycles. The summed E-state index contributed by atoms with van der Waals surface area (Å²) in [7, 11) is 0. The van der Waals surface area contributed by atoms with E-state index in [2.05, 4.69) is 21.6 Å². The molecule has 0 fully saturated rings. The van der Waals surface area contributed by atoms with Gasteiger partial charge < -0.3 is 5.32 Å². The molecule has 2 aromatic heterocycles. The van der Waals surface area contributed by atoms with E-state index in [9.17, 15) is 9.18 Å². The van der Waals surface area contributed by atoms with Crippen LogP contribution in [0.1, 0.15) is 11.1 Å². The number of rotatable bonds is 5. The van der Waals surface area contributed by atoms with Crippen molar-refractivity contribution in [3.63, 3.8) is 0 Å². The Kier molecular flexibility index (Phi) is 4.77. The van der Waals surface area contributed by atoms with Gasteiger partial charge in [0, 0.05) is 11.9 Å². The number of hydrogen-bond acceptors (Lipinski definition) is 4. The van der Waals surface area contributed by atoms with Crippen molar-refractivity contribution >= 4 is 34.2 Å². The van der Waals surface area contributed by atoms with Gasteiger partial charge in [-0.2, -0.15) is 0 Å². The lowest BCUT2D eigenvalue weighted by atomic mass is 10.1. The van der Waals surface area contributed by atoms with E-state index in [0.29, 0.717) is 11.7 Å². The highest BCUT2D eigenvalue weighted by atomic mass is 32.2. The average Bonchev–Trinajstić information content (AvgIpc) is 3.09. The van der Waals surface area contributed by atoms with Crippen molar-refractivity contribution in [3.8, 4) is 0 Å². The molecule has 7 heteroatoms. The molecule has 0 atom stereocenters. The molecule has 0 saturated heterocycles. The first-order valence-electron chi connectivity index (χ1n) is 8.49. The van der Waals surface area contributed by atoms with Crippen LogP contribution in [-0.2, 0) is 11.3 Å². The van der Waals surface area contributed by atoms with E-state index in [4.69, 9.17) is 0 Å². The van der Waals surface area contributed by atoms with Gasteiger partial charge in [-0.25, -0.2) is 4.39 Å². The summed E-state index contributed by atoms with van der Waals surface area (Å²) >= 11 is 1.34. The molecule has 4 aromatic rings. The number of thioether (sulfide) groups is 1. The van der Waals surface area contributed by atoms with Crippen molar-refractivity contribution in [2.24, 2.45) is 0 Å². The van der Waals surface area contributed by atoms with E-state index in [0.717, 1.165) is 27.7 Å². The first-order valence-corrected chi connectivity index (χ1v) is 9.48. The number of aromatic nitrogens is 3. The Morgan fingerprint density at radius 1 is 1.15 bits per heavy atom. The minimum absolute atomic E-state index is 0.113. The Bertz CT molecular complexity index is 1120. The third-order valence-electron chi connectivity index (χ3n) is 4.31. The zero-order valence-corrected chi connectivity index (χ0v) is 15.5.